The van der Waals surface area contributed by atoms with Crippen molar-refractivity contribution >= 4 is 28.9 Å². The third kappa shape index (κ3) is 4.68. The van der Waals surface area contributed by atoms with Gasteiger partial charge in [-0.2, -0.15) is 0 Å². The Morgan fingerprint density at radius 1 is 0.966 bits per heavy atom. The number of hydrogen-bond donors (Lipinski definition) is 3. The van der Waals surface area contributed by atoms with E-state index < -0.39 is 0 Å². The molecule has 0 saturated carbocycles. The third-order valence-corrected chi connectivity index (χ3v) is 5.63. The molecule has 2 aliphatic rings. The standard InChI is InChI=1S/C22H26N4O3/c27-20-9-7-18(8-10-20)25-14-12-24(13-15-25)16-21(28)23-17-3-5-19(6-4-17)26-11-1-2-22(26)29/h3-10,27H,1-2,11-16H2,(H,23,28)/p+1. The summed E-state index contributed by atoms with van der Waals surface area (Å²) in [5, 5.41) is 12.4. The van der Waals surface area contributed by atoms with Gasteiger partial charge in [0.05, 0.1) is 26.2 Å². The number of hydrogen-bond acceptors (Lipinski definition) is 4. The van der Waals surface area contributed by atoms with Crippen LogP contribution in [0.3, 0.4) is 0 Å². The number of carbonyl (C=O) groups is 2. The molecule has 0 aliphatic carbocycles. The Labute approximate surface area is 170 Å². The molecule has 2 heterocycles. The average Bonchev–Trinajstić information content (AvgIpc) is 3.16. The maximum atomic E-state index is 12.4. The summed E-state index contributed by atoms with van der Waals surface area (Å²) in [6.45, 7) is 4.76. The van der Waals surface area contributed by atoms with Crippen molar-refractivity contribution in [3.8, 4) is 5.75 Å². The molecule has 7 heteroatoms. The Hall–Kier alpha value is -3.06. The fraction of sp³-hybridized carbons (Fsp3) is 0.364. The van der Waals surface area contributed by atoms with Crippen LogP contribution in [0.4, 0.5) is 17.1 Å². The smallest absolute Gasteiger partial charge is 0.279 e. The van der Waals surface area contributed by atoms with Gasteiger partial charge in [-0.25, -0.2) is 0 Å². The van der Waals surface area contributed by atoms with E-state index in [1.165, 1.54) is 4.90 Å². The zero-order chi connectivity index (χ0) is 20.2. The van der Waals surface area contributed by atoms with Crippen LogP contribution < -0.4 is 20.0 Å². The van der Waals surface area contributed by atoms with E-state index in [9.17, 15) is 14.7 Å². The molecule has 3 N–H and O–H groups in total. The Morgan fingerprint density at radius 2 is 1.62 bits per heavy atom. The molecule has 29 heavy (non-hydrogen) atoms. The van der Waals surface area contributed by atoms with Crippen LogP contribution in [0, 0.1) is 0 Å². The minimum atomic E-state index is 0.00285. The molecule has 0 atom stereocenters. The normalized spacial score (nSPS) is 17.6. The molecule has 152 valence electrons. The number of phenols is 1. The summed E-state index contributed by atoms with van der Waals surface area (Å²) in [6.07, 6.45) is 1.52. The highest BCUT2D eigenvalue weighted by Crippen LogP contribution is 2.23. The molecular formula is C22H27N4O3+. The van der Waals surface area contributed by atoms with Crippen LogP contribution >= 0.6 is 0 Å². The number of nitrogens with one attached hydrogen (secondary N) is 2. The summed E-state index contributed by atoms with van der Waals surface area (Å²) in [4.78, 5) is 29.6. The van der Waals surface area contributed by atoms with Gasteiger partial charge in [0, 0.05) is 30.0 Å². The average molecular weight is 395 g/mol. The molecule has 2 aromatic carbocycles. The number of carbonyl (C=O) groups excluding carboxylic acids is 2. The van der Waals surface area contributed by atoms with Crippen LogP contribution in [0.15, 0.2) is 48.5 Å². The molecule has 2 aliphatic heterocycles. The van der Waals surface area contributed by atoms with Crippen molar-refractivity contribution in [1.82, 2.24) is 0 Å². The summed E-state index contributed by atoms with van der Waals surface area (Å²) in [5.74, 6) is 0.439. The van der Waals surface area contributed by atoms with Crippen LogP contribution in [0.25, 0.3) is 0 Å². The highest BCUT2D eigenvalue weighted by atomic mass is 16.3. The van der Waals surface area contributed by atoms with Gasteiger partial charge in [0.2, 0.25) is 5.91 Å². The highest BCUT2D eigenvalue weighted by Gasteiger charge is 2.23. The number of rotatable bonds is 5. The number of phenolic OH excluding ortho intramolecular Hbond substituents is 1. The molecule has 0 bridgehead atoms. The molecule has 2 saturated heterocycles. The molecule has 0 spiro atoms. The van der Waals surface area contributed by atoms with E-state index in [0.717, 1.165) is 56.2 Å². The lowest BCUT2D eigenvalue weighted by atomic mass is 10.2. The summed E-state index contributed by atoms with van der Waals surface area (Å²) < 4.78 is 0. The second kappa shape index (κ2) is 8.53. The van der Waals surface area contributed by atoms with Crippen molar-refractivity contribution in [3.63, 3.8) is 0 Å². The molecule has 0 radical (unpaired) electrons. The van der Waals surface area contributed by atoms with E-state index in [1.807, 2.05) is 36.4 Å². The van der Waals surface area contributed by atoms with Crippen molar-refractivity contribution in [1.29, 1.82) is 0 Å². The second-order valence-corrected chi connectivity index (χ2v) is 7.67. The van der Waals surface area contributed by atoms with Crippen molar-refractivity contribution in [2.45, 2.75) is 12.8 Å². The first-order chi connectivity index (χ1) is 14.1. The summed E-state index contributed by atoms with van der Waals surface area (Å²) in [6, 6.07) is 14.7. The highest BCUT2D eigenvalue weighted by molar-refractivity contribution is 5.96. The van der Waals surface area contributed by atoms with E-state index >= 15 is 0 Å². The van der Waals surface area contributed by atoms with Crippen molar-refractivity contribution in [3.05, 3.63) is 48.5 Å². The number of piperazine rings is 1. The first-order valence-corrected chi connectivity index (χ1v) is 10.2. The number of aromatic hydroxyl groups is 1. The quantitative estimate of drug-likeness (QED) is 0.702. The van der Waals surface area contributed by atoms with Gasteiger partial charge in [0.25, 0.3) is 5.91 Å². The van der Waals surface area contributed by atoms with Crippen LogP contribution in [0.2, 0.25) is 0 Å². The number of benzene rings is 2. The van der Waals surface area contributed by atoms with E-state index in [1.54, 1.807) is 17.0 Å². The molecule has 2 aromatic rings. The number of anilines is 3. The fourth-order valence-electron chi connectivity index (χ4n) is 4.00. The maximum absolute atomic E-state index is 12.4. The molecule has 7 nitrogen and oxygen atoms in total. The lowest BCUT2D eigenvalue weighted by molar-refractivity contribution is -0.892. The van der Waals surface area contributed by atoms with Gasteiger partial charge in [0.1, 0.15) is 5.75 Å². The van der Waals surface area contributed by atoms with Crippen LogP contribution in [-0.4, -0.2) is 56.2 Å². The van der Waals surface area contributed by atoms with E-state index in [4.69, 9.17) is 0 Å². The lowest BCUT2D eigenvalue weighted by Gasteiger charge is -2.33. The predicted molar refractivity (Wildman–Crippen MR) is 113 cm³/mol. The first kappa shape index (κ1) is 19.3. The van der Waals surface area contributed by atoms with E-state index in [-0.39, 0.29) is 17.6 Å². The monoisotopic (exact) mass is 395 g/mol. The summed E-state index contributed by atoms with van der Waals surface area (Å²) >= 11 is 0. The zero-order valence-electron chi connectivity index (χ0n) is 16.4. The zero-order valence-corrected chi connectivity index (χ0v) is 16.4. The van der Waals surface area contributed by atoms with Crippen molar-refractivity contribution < 1.29 is 19.6 Å². The SMILES string of the molecule is O=C(C[NH+]1CCN(c2ccc(O)cc2)CC1)Nc1ccc(N2CCCC2=O)cc1. The minimum Gasteiger partial charge on any atom is -0.508 e. The molecule has 0 unspecified atom stereocenters. The number of amides is 2. The largest absolute Gasteiger partial charge is 0.508 e. The minimum absolute atomic E-state index is 0.00285. The van der Waals surface area contributed by atoms with Gasteiger partial charge in [0.15, 0.2) is 6.54 Å². The van der Waals surface area contributed by atoms with Gasteiger partial charge in [-0.3, -0.25) is 9.59 Å². The Kier molecular flexibility index (Phi) is 5.67. The predicted octanol–water partition coefficient (Wildman–Crippen LogP) is 0.863. The van der Waals surface area contributed by atoms with Gasteiger partial charge < -0.3 is 25.1 Å². The Balaban J connectivity index is 1.25. The Morgan fingerprint density at radius 3 is 2.24 bits per heavy atom. The Bertz CT molecular complexity index is 859. The van der Waals surface area contributed by atoms with E-state index in [2.05, 4.69) is 10.2 Å². The van der Waals surface area contributed by atoms with Crippen LogP contribution in [0.1, 0.15) is 12.8 Å². The molecule has 4 rings (SSSR count). The second-order valence-electron chi connectivity index (χ2n) is 7.67. The van der Waals surface area contributed by atoms with Crippen molar-refractivity contribution in [2.24, 2.45) is 0 Å². The van der Waals surface area contributed by atoms with Gasteiger partial charge in [-0.15, -0.1) is 0 Å². The van der Waals surface area contributed by atoms with Gasteiger partial charge in [-0.1, -0.05) is 0 Å². The maximum Gasteiger partial charge on any atom is 0.279 e. The molecule has 2 amide bonds. The van der Waals surface area contributed by atoms with Gasteiger partial charge >= 0.3 is 0 Å². The number of nitrogens with zero attached hydrogens (tertiary/aromatic N) is 2. The molecule has 2 fully saturated rings. The van der Waals surface area contributed by atoms with Gasteiger partial charge in [-0.05, 0) is 55.0 Å². The van der Waals surface area contributed by atoms with Crippen LogP contribution in [0.5, 0.6) is 5.75 Å². The number of quaternary nitrogens is 1. The lowest BCUT2D eigenvalue weighted by Crippen LogP contribution is -3.15. The first-order valence-electron chi connectivity index (χ1n) is 10.2. The van der Waals surface area contributed by atoms with E-state index in [0.29, 0.717) is 13.0 Å². The van der Waals surface area contributed by atoms with Crippen molar-refractivity contribution in [2.75, 3.05) is 54.4 Å². The summed E-state index contributed by atoms with van der Waals surface area (Å²) in [7, 11) is 0. The molecule has 0 aromatic heterocycles. The summed E-state index contributed by atoms with van der Waals surface area (Å²) in [5.41, 5.74) is 2.75. The third-order valence-electron chi connectivity index (χ3n) is 5.63. The fourth-order valence-corrected chi connectivity index (χ4v) is 4.00. The van der Waals surface area contributed by atoms with Crippen LogP contribution in [-0.2, 0) is 9.59 Å². The topological polar surface area (TPSA) is 77.3 Å². The molecular weight excluding hydrogens is 368 g/mol.